The Morgan fingerprint density at radius 1 is 1.24 bits per heavy atom. The summed E-state index contributed by atoms with van der Waals surface area (Å²) in [6.07, 6.45) is 4.15. The Bertz CT molecular complexity index is 755. The number of benzene rings is 1. The smallest absolute Gasteiger partial charge is 0.147 e. The third kappa shape index (κ3) is 3.91. The van der Waals surface area contributed by atoms with Crippen molar-refractivity contribution in [3.05, 3.63) is 40.1 Å². The molecule has 3 rings (SSSR count). The van der Waals surface area contributed by atoms with Crippen molar-refractivity contribution in [3.8, 4) is 11.3 Å². The van der Waals surface area contributed by atoms with E-state index in [0.29, 0.717) is 15.5 Å². The van der Waals surface area contributed by atoms with Gasteiger partial charge in [-0.05, 0) is 38.3 Å². The number of hydrogen-bond acceptors (Lipinski definition) is 4. The lowest BCUT2D eigenvalue weighted by Gasteiger charge is -2.39. The highest BCUT2D eigenvalue weighted by molar-refractivity contribution is 6.43. The van der Waals surface area contributed by atoms with Crippen molar-refractivity contribution in [3.63, 3.8) is 0 Å². The second kappa shape index (κ2) is 7.48. The minimum atomic E-state index is 0.363. The van der Waals surface area contributed by atoms with Crippen LogP contribution >= 0.6 is 23.2 Å². The highest BCUT2D eigenvalue weighted by atomic mass is 35.5. The van der Waals surface area contributed by atoms with Gasteiger partial charge in [-0.25, -0.2) is 4.98 Å². The molecule has 0 spiro atoms. The van der Waals surface area contributed by atoms with Crippen LogP contribution in [0.3, 0.4) is 0 Å². The second-order valence-electron chi connectivity index (χ2n) is 7.09. The summed E-state index contributed by atoms with van der Waals surface area (Å²) in [4.78, 5) is 11.7. The van der Waals surface area contributed by atoms with Crippen LogP contribution in [0.1, 0.15) is 25.5 Å². The van der Waals surface area contributed by atoms with E-state index < -0.39 is 0 Å². The van der Waals surface area contributed by atoms with Gasteiger partial charge in [0.2, 0.25) is 0 Å². The standard InChI is InChI=1S/C19H24Cl2N4/c1-13-18(14-5-4-6-15(20)17(14)21)23-11-16(24-13)25-9-7-19(2,8-10-25)12-22-3/h4-6,11,22H,7-10,12H2,1-3H3. The van der Waals surface area contributed by atoms with Gasteiger partial charge in [0.15, 0.2) is 0 Å². The fourth-order valence-electron chi connectivity index (χ4n) is 3.45. The summed E-state index contributed by atoms with van der Waals surface area (Å²) in [5, 5.41) is 4.36. The minimum Gasteiger partial charge on any atom is -0.355 e. The maximum atomic E-state index is 6.33. The molecule has 0 radical (unpaired) electrons. The van der Waals surface area contributed by atoms with Crippen LogP contribution < -0.4 is 10.2 Å². The molecule has 1 aliphatic rings. The van der Waals surface area contributed by atoms with Gasteiger partial charge in [0, 0.05) is 25.2 Å². The van der Waals surface area contributed by atoms with Crippen molar-refractivity contribution in [1.82, 2.24) is 15.3 Å². The fourth-order valence-corrected chi connectivity index (χ4v) is 3.84. The average molecular weight is 379 g/mol. The Balaban J connectivity index is 1.80. The molecule has 0 aliphatic carbocycles. The van der Waals surface area contributed by atoms with Crippen LogP contribution in [0.25, 0.3) is 11.3 Å². The number of rotatable bonds is 4. The molecule has 25 heavy (non-hydrogen) atoms. The number of nitrogens with zero attached hydrogens (tertiary/aromatic N) is 3. The Labute approximate surface area is 159 Å². The molecular weight excluding hydrogens is 355 g/mol. The first-order valence-electron chi connectivity index (χ1n) is 8.61. The highest BCUT2D eigenvalue weighted by Crippen LogP contribution is 2.35. The van der Waals surface area contributed by atoms with Crippen molar-refractivity contribution in [1.29, 1.82) is 0 Å². The zero-order chi connectivity index (χ0) is 18.0. The molecule has 0 amide bonds. The van der Waals surface area contributed by atoms with Crippen LogP contribution in [0, 0.1) is 12.3 Å². The number of piperidine rings is 1. The lowest BCUT2D eigenvalue weighted by Crippen LogP contribution is -2.43. The van der Waals surface area contributed by atoms with Crippen molar-refractivity contribution < 1.29 is 0 Å². The van der Waals surface area contributed by atoms with E-state index in [4.69, 9.17) is 28.2 Å². The SMILES string of the molecule is CNCC1(C)CCN(c2cnc(-c3cccc(Cl)c3Cl)c(C)n2)CC1. The number of hydrogen-bond donors (Lipinski definition) is 1. The Hall–Kier alpha value is -1.36. The molecule has 0 atom stereocenters. The first-order chi connectivity index (χ1) is 11.9. The summed E-state index contributed by atoms with van der Waals surface area (Å²) in [6, 6.07) is 5.58. The Morgan fingerprint density at radius 2 is 1.96 bits per heavy atom. The number of halogens is 2. The predicted molar refractivity (Wildman–Crippen MR) is 106 cm³/mol. The highest BCUT2D eigenvalue weighted by Gasteiger charge is 2.30. The molecule has 2 aromatic rings. The zero-order valence-electron chi connectivity index (χ0n) is 14.9. The number of anilines is 1. The van der Waals surface area contributed by atoms with E-state index in [2.05, 4.69) is 22.1 Å². The molecule has 134 valence electrons. The van der Waals surface area contributed by atoms with Gasteiger partial charge in [0.25, 0.3) is 0 Å². The molecule has 6 heteroatoms. The molecule has 1 N–H and O–H groups in total. The molecule has 1 fully saturated rings. The monoisotopic (exact) mass is 378 g/mol. The number of aryl methyl sites for hydroxylation is 1. The Morgan fingerprint density at radius 3 is 2.60 bits per heavy atom. The van der Waals surface area contributed by atoms with Crippen LogP contribution in [-0.2, 0) is 0 Å². The molecule has 1 aromatic heterocycles. The first kappa shape index (κ1) is 18.4. The van der Waals surface area contributed by atoms with Gasteiger partial charge in [-0.2, -0.15) is 0 Å². The zero-order valence-corrected chi connectivity index (χ0v) is 16.5. The van der Waals surface area contributed by atoms with E-state index in [1.165, 1.54) is 0 Å². The summed E-state index contributed by atoms with van der Waals surface area (Å²) in [5.41, 5.74) is 2.84. The summed E-state index contributed by atoms with van der Waals surface area (Å²) in [5.74, 6) is 0.936. The first-order valence-corrected chi connectivity index (χ1v) is 9.37. The molecule has 1 saturated heterocycles. The quantitative estimate of drug-likeness (QED) is 0.844. The number of aromatic nitrogens is 2. The largest absolute Gasteiger partial charge is 0.355 e. The lowest BCUT2D eigenvalue weighted by atomic mass is 9.80. The van der Waals surface area contributed by atoms with Gasteiger partial charge in [-0.3, -0.25) is 4.98 Å². The van der Waals surface area contributed by atoms with Crippen LogP contribution in [-0.4, -0.2) is 36.6 Å². The van der Waals surface area contributed by atoms with E-state index in [0.717, 1.165) is 55.2 Å². The molecule has 1 aliphatic heterocycles. The van der Waals surface area contributed by atoms with Gasteiger partial charge in [0.05, 0.1) is 27.6 Å². The van der Waals surface area contributed by atoms with Gasteiger partial charge < -0.3 is 10.2 Å². The lowest BCUT2D eigenvalue weighted by molar-refractivity contribution is 0.242. The predicted octanol–water partition coefficient (Wildman–Crippen LogP) is 4.58. The third-order valence-corrected chi connectivity index (χ3v) is 5.86. The topological polar surface area (TPSA) is 41.0 Å². The summed E-state index contributed by atoms with van der Waals surface area (Å²) < 4.78 is 0. The van der Waals surface area contributed by atoms with Gasteiger partial charge >= 0.3 is 0 Å². The van der Waals surface area contributed by atoms with Crippen molar-refractivity contribution in [2.75, 3.05) is 31.6 Å². The molecule has 1 aromatic carbocycles. The van der Waals surface area contributed by atoms with Gasteiger partial charge in [-0.15, -0.1) is 0 Å². The van der Waals surface area contributed by atoms with Gasteiger partial charge in [0.1, 0.15) is 5.82 Å². The van der Waals surface area contributed by atoms with Crippen molar-refractivity contribution in [2.24, 2.45) is 5.41 Å². The van der Waals surface area contributed by atoms with E-state index in [-0.39, 0.29) is 0 Å². The molecule has 0 unspecified atom stereocenters. The van der Waals surface area contributed by atoms with Crippen molar-refractivity contribution >= 4 is 29.0 Å². The van der Waals surface area contributed by atoms with E-state index in [1.54, 1.807) is 6.07 Å². The molecule has 0 saturated carbocycles. The molecule has 4 nitrogen and oxygen atoms in total. The van der Waals surface area contributed by atoms with Crippen LogP contribution in [0.5, 0.6) is 0 Å². The van der Waals surface area contributed by atoms with Crippen LogP contribution in [0.4, 0.5) is 5.82 Å². The fraction of sp³-hybridized carbons (Fsp3) is 0.474. The molecular formula is C19H24Cl2N4. The molecule has 0 bridgehead atoms. The van der Waals surface area contributed by atoms with Crippen LogP contribution in [0.2, 0.25) is 10.0 Å². The maximum Gasteiger partial charge on any atom is 0.147 e. The van der Waals surface area contributed by atoms with Gasteiger partial charge in [-0.1, -0.05) is 42.3 Å². The maximum absolute atomic E-state index is 6.33. The normalized spacial score (nSPS) is 16.9. The van der Waals surface area contributed by atoms with E-state index in [1.807, 2.05) is 32.3 Å². The average Bonchev–Trinajstić information content (AvgIpc) is 2.58. The Kier molecular flexibility index (Phi) is 5.52. The molecule has 2 heterocycles. The third-order valence-electron chi connectivity index (χ3n) is 5.04. The second-order valence-corrected chi connectivity index (χ2v) is 7.88. The van der Waals surface area contributed by atoms with E-state index in [9.17, 15) is 0 Å². The summed E-state index contributed by atoms with van der Waals surface area (Å²) in [7, 11) is 2.02. The van der Waals surface area contributed by atoms with Crippen molar-refractivity contribution in [2.45, 2.75) is 26.7 Å². The minimum absolute atomic E-state index is 0.363. The number of nitrogens with one attached hydrogen (secondary N) is 1. The summed E-state index contributed by atoms with van der Waals surface area (Å²) in [6.45, 7) is 7.38. The van der Waals surface area contributed by atoms with E-state index >= 15 is 0 Å². The van der Waals surface area contributed by atoms with Crippen LogP contribution in [0.15, 0.2) is 24.4 Å². The summed E-state index contributed by atoms with van der Waals surface area (Å²) >= 11 is 12.5.